The van der Waals surface area contributed by atoms with Crippen LogP contribution in [-0.4, -0.2) is 24.3 Å². The van der Waals surface area contributed by atoms with Crippen LogP contribution in [0.15, 0.2) is 60.2 Å². The molecule has 5 nitrogen and oxygen atoms in total. The minimum Gasteiger partial charge on any atom is -0.497 e. The summed E-state index contributed by atoms with van der Waals surface area (Å²) >= 11 is 0. The van der Waals surface area contributed by atoms with Crippen LogP contribution in [-0.2, 0) is 9.53 Å². The molecule has 0 aliphatic heterocycles. The number of nitrogens with zero attached hydrogens (tertiary/aromatic N) is 2. The number of methoxy groups -OCH3 is 1. The van der Waals surface area contributed by atoms with Gasteiger partial charge in [0.25, 0.3) is 0 Å². The van der Waals surface area contributed by atoms with Gasteiger partial charge in [0.2, 0.25) is 0 Å². The highest BCUT2D eigenvalue weighted by molar-refractivity contribution is 5.93. The van der Waals surface area contributed by atoms with Crippen LogP contribution in [0.3, 0.4) is 0 Å². The largest absolute Gasteiger partial charge is 0.497 e. The summed E-state index contributed by atoms with van der Waals surface area (Å²) in [5.74, 6) is 0.442. The van der Waals surface area contributed by atoms with Crippen molar-refractivity contribution in [1.82, 2.24) is 4.57 Å². The molecule has 0 aliphatic rings. The van der Waals surface area contributed by atoms with Crippen molar-refractivity contribution in [2.24, 2.45) is 0 Å². The van der Waals surface area contributed by atoms with E-state index >= 15 is 0 Å². The van der Waals surface area contributed by atoms with E-state index in [1.54, 1.807) is 27.0 Å². The first-order chi connectivity index (χ1) is 14.5. The molecule has 3 aromatic rings. The molecule has 0 fully saturated rings. The number of aryl methyl sites for hydroxylation is 1. The van der Waals surface area contributed by atoms with Crippen molar-refractivity contribution in [3.8, 4) is 28.8 Å². The van der Waals surface area contributed by atoms with Crippen LogP contribution >= 0.6 is 0 Å². The number of aromatic nitrogens is 1. The lowest BCUT2D eigenvalue weighted by Gasteiger charge is -2.16. The second-order valence-corrected chi connectivity index (χ2v) is 6.87. The van der Waals surface area contributed by atoms with Crippen LogP contribution in [0, 0.1) is 18.3 Å². The van der Waals surface area contributed by atoms with Gasteiger partial charge in [-0.2, -0.15) is 5.26 Å². The summed E-state index contributed by atoms with van der Waals surface area (Å²) in [7, 11) is 1.64. The second kappa shape index (κ2) is 9.15. The third kappa shape index (κ3) is 4.28. The predicted molar refractivity (Wildman–Crippen MR) is 117 cm³/mol. The fourth-order valence-electron chi connectivity index (χ4n) is 3.32. The molecule has 2 aromatic carbocycles. The maximum absolute atomic E-state index is 12.1. The van der Waals surface area contributed by atoms with Crippen molar-refractivity contribution in [1.29, 1.82) is 5.26 Å². The van der Waals surface area contributed by atoms with E-state index in [4.69, 9.17) is 9.47 Å². The van der Waals surface area contributed by atoms with E-state index in [-0.39, 0.29) is 5.97 Å². The molecule has 152 valence electrons. The molecule has 0 N–H and O–H groups in total. The molecular formula is C25H24N2O3. The summed E-state index contributed by atoms with van der Waals surface area (Å²) in [5.41, 5.74) is 5.84. The first-order valence-electron chi connectivity index (χ1n) is 9.71. The van der Waals surface area contributed by atoms with E-state index in [1.165, 1.54) is 0 Å². The SMILES string of the molecule is CCOC(=O)/C(C)=C/c1ccc(-c2ccc(OC)cc2)n1-c1ccc(C#N)cc1C. The van der Waals surface area contributed by atoms with Gasteiger partial charge in [-0.3, -0.25) is 0 Å². The molecule has 3 rings (SSSR count). The minimum absolute atomic E-state index is 0.330. The summed E-state index contributed by atoms with van der Waals surface area (Å²) in [6.45, 7) is 5.83. The van der Waals surface area contributed by atoms with Gasteiger partial charge in [-0.25, -0.2) is 4.79 Å². The Morgan fingerprint density at radius 2 is 1.87 bits per heavy atom. The topological polar surface area (TPSA) is 64.2 Å². The van der Waals surface area contributed by atoms with Crippen LogP contribution in [0.2, 0.25) is 0 Å². The van der Waals surface area contributed by atoms with E-state index < -0.39 is 0 Å². The summed E-state index contributed by atoms with van der Waals surface area (Å²) < 4.78 is 12.5. The molecule has 5 heteroatoms. The van der Waals surface area contributed by atoms with E-state index in [2.05, 4.69) is 10.6 Å². The van der Waals surface area contributed by atoms with Crippen LogP contribution < -0.4 is 4.74 Å². The lowest BCUT2D eigenvalue weighted by atomic mass is 10.1. The monoisotopic (exact) mass is 400 g/mol. The lowest BCUT2D eigenvalue weighted by Crippen LogP contribution is -2.06. The van der Waals surface area contributed by atoms with Gasteiger partial charge in [0.15, 0.2) is 0 Å². The van der Waals surface area contributed by atoms with E-state index in [0.29, 0.717) is 17.7 Å². The molecular weight excluding hydrogens is 376 g/mol. The number of ether oxygens (including phenoxy) is 2. The Bertz CT molecular complexity index is 1130. The van der Waals surface area contributed by atoms with Crippen LogP contribution in [0.4, 0.5) is 0 Å². The van der Waals surface area contributed by atoms with Crippen molar-refractivity contribution in [2.45, 2.75) is 20.8 Å². The van der Waals surface area contributed by atoms with E-state index in [0.717, 1.165) is 34.0 Å². The number of hydrogen-bond donors (Lipinski definition) is 0. The Labute approximate surface area is 176 Å². The summed E-state index contributed by atoms with van der Waals surface area (Å²) in [4.78, 5) is 12.1. The van der Waals surface area contributed by atoms with Gasteiger partial charge in [-0.05, 0) is 92.6 Å². The van der Waals surface area contributed by atoms with Crippen molar-refractivity contribution >= 4 is 12.0 Å². The molecule has 0 radical (unpaired) electrons. The first-order valence-corrected chi connectivity index (χ1v) is 9.71. The summed E-state index contributed by atoms with van der Waals surface area (Å²) in [6.07, 6.45) is 1.82. The zero-order valence-electron chi connectivity index (χ0n) is 17.6. The van der Waals surface area contributed by atoms with Gasteiger partial charge >= 0.3 is 5.97 Å². The summed E-state index contributed by atoms with van der Waals surface area (Å²) in [6, 6.07) is 19.6. The second-order valence-electron chi connectivity index (χ2n) is 6.87. The molecule has 0 atom stereocenters. The van der Waals surface area contributed by atoms with E-state index in [9.17, 15) is 10.1 Å². The number of rotatable bonds is 6. The molecule has 1 aromatic heterocycles. The van der Waals surface area contributed by atoms with Gasteiger partial charge in [-0.1, -0.05) is 0 Å². The number of benzene rings is 2. The van der Waals surface area contributed by atoms with Gasteiger partial charge < -0.3 is 14.0 Å². The highest BCUT2D eigenvalue weighted by atomic mass is 16.5. The van der Waals surface area contributed by atoms with Crippen molar-refractivity contribution in [3.63, 3.8) is 0 Å². The van der Waals surface area contributed by atoms with E-state index in [1.807, 2.05) is 61.5 Å². The molecule has 0 amide bonds. The molecule has 30 heavy (non-hydrogen) atoms. The maximum atomic E-state index is 12.1. The van der Waals surface area contributed by atoms with Gasteiger partial charge in [0, 0.05) is 17.0 Å². The molecule has 0 spiro atoms. The Morgan fingerprint density at radius 3 is 2.47 bits per heavy atom. The standard InChI is InChI=1S/C25H24N2O3/c1-5-30-25(28)18(3)15-21-9-13-24(20-7-10-22(29-4)11-8-20)27(21)23-12-6-19(16-26)14-17(23)2/h6-15H,5H2,1-4H3/b18-15+. The molecule has 0 bridgehead atoms. The predicted octanol–water partition coefficient (Wildman–Crippen LogP) is 5.30. The zero-order valence-corrected chi connectivity index (χ0v) is 17.6. The average Bonchev–Trinajstić information content (AvgIpc) is 3.16. The van der Waals surface area contributed by atoms with Crippen LogP contribution in [0.5, 0.6) is 5.75 Å². The van der Waals surface area contributed by atoms with Gasteiger partial charge in [0.1, 0.15) is 5.75 Å². The molecule has 0 unspecified atom stereocenters. The maximum Gasteiger partial charge on any atom is 0.333 e. The van der Waals surface area contributed by atoms with Crippen molar-refractivity contribution in [2.75, 3.05) is 13.7 Å². The average molecular weight is 400 g/mol. The number of carbonyl (C=O) groups excluding carboxylic acids is 1. The van der Waals surface area contributed by atoms with Gasteiger partial charge in [-0.15, -0.1) is 0 Å². The van der Waals surface area contributed by atoms with Gasteiger partial charge in [0.05, 0.1) is 31.0 Å². The molecule has 0 saturated heterocycles. The first kappa shape index (κ1) is 20.9. The fraction of sp³-hybridized carbons (Fsp3) is 0.200. The Morgan fingerprint density at radius 1 is 1.13 bits per heavy atom. The highest BCUT2D eigenvalue weighted by Crippen LogP contribution is 2.31. The van der Waals surface area contributed by atoms with Crippen LogP contribution in [0.1, 0.15) is 30.7 Å². The third-order valence-electron chi connectivity index (χ3n) is 4.83. The van der Waals surface area contributed by atoms with Crippen molar-refractivity contribution in [3.05, 3.63) is 77.0 Å². The van der Waals surface area contributed by atoms with Crippen LogP contribution in [0.25, 0.3) is 23.0 Å². The molecule has 1 heterocycles. The van der Waals surface area contributed by atoms with Crippen molar-refractivity contribution < 1.29 is 14.3 Å². The smallest absolute Gasteiger partial charge is 0.333 e. The quantitative estimate of drug-likeness (QED) is 0.416. The fourth-order valence-corrected chi connectivity index (χ4v) is 3.32. The Hall–Kier alpha value is -3.78. The summed E-state index contributed by atoms with van der Waals surface area (Å²) in [5, 5.41) is 9.22. The normalized spacial score (nSPS) is 11.1. The number of esters is 1. The highest BCUT2D eigenvalue weighted by Gasteiger charge is 2.15. The number of nitriles is 1. The number of hydrogen-bond acceptors (Lipinski definition) is 4. The number of carbonyl (C=O) groups is 1. The molecule has 0 saturated carbocycles. The Kier molecular flexibility index (Phi) is 6.38. The zero-order chi connectivity index (χ0) is 21.7. The Balaban J connectivity index is 2.19. The lowest BCUT2D eigenvalue weighted by molar-refractivity contribution is -0.138. The minimum atomic E-state index is -0.340. The molecule has 0 aliphatic carbocycles. The third-order valence-corrected chi connectivity index (χ3v) is 4.83.